The molecule has 0 radical (unpaired) electrons. The van der Waals surface area contributed by atoms with Crippen LogP contribution in [0.25, 0.3) is 0 Å². The predicted octanol–water partition coefficient (Wildman–Crippen LogP) is -0.226. The largest absolute Gasteiger partial charge is 0.435 e. The molecule has 1 unspecified atom stereocenters. The molecule has 1 aliphatic heterocycles. The molecule has 0 saturated carbocycles. The first kappa shape index (κ1) is 5.31. The number of rotatable bonds is 0. The van der Waals surface area contributed by atoms with Gasteiger partial charge in [-0.05, 0) is 6.08 Å². The standard InChI is InChI=1S/C5H7NO2/c6-4-1-2-8-5(7)3-4/h1-2,4H,3,6H2. The van der Waals surface area contributed by atoms with Crippen LogP contribution in [0.5, 0.6) is 0 Å². The van der Waals surface area contributed by atoms with Crippen molar-refractivity contribution in [3.05, 3.63) is 12.3 Å². The number of hydrogen-bond acceptors (Lipinski definition) is 3. The number of nitrogens with two attached hydrogens (primary N) is 1. The van der Waals surface area contributed by atoms with Gasteiger partial charge in [0.25, 0.3) is 0 Å². The zero-order valence-corrected chi connectivity index (χ0v) is 4.33. The van der Waals surface area contributed by atoms with Crippen molar-refractivity contribution in [2.24, 2.45) is 5.73 Å². The van der Waals surface area contributed by atoms with Gasteiger partial charge in [0.1, 0.15) is 0 Å². The molecule has 3 heteroatoms. The normalized spacial score (nSPS) is 27.6. The average molecular weight is 113 g/mol. The van der Waals surface area contributed by atoms with E-state index in [1.54, 1.807) is 6.08 Å². The van der Waals surface area contributed by atoms with Gasteiger partial charge in [-0.3, -0.25) is 4.79 Å². The summed E-state index contributed by atoms with van der Waals surface area (Å²) in [5, 5.41) is 0. The molecule has 0 spiro atoms. The number of cyclic esters (lactones) is 1. The zero-order valence-electron chi connectivity index (χ0n) is 4.33. The summed E-state index contributed by atoms with van der Waals surface area (Å²) in [7, 11) is 0. The van der Waals surface area contributed by atoms with Crippen LogP contribution in [0.2, 0.25) is 0 Å². The van der Waals surface area contributed by atoms with Gasteiger partial charge in [0.05, 0.1) is 12.7 Å². The van der Waals surface area contributed by atoms with Gasteiger partial charge in [0.15, 0.2) is 0 Å². The van der Waals surface area contributed by atoms with Crippen molar-refractivity contribution in [3.63, 3.8) is 0 Å². The van der Waals surface area contributed by atoms with Gasteiger partial charge in [-0.1, -0.05) is 0 Å². The van der Waals surface area contributed by atoms with E-state index in [4.69, 9.17) is 5.73 Å². The molecule has 0 saturated heterocycles. The Balaban J connectivity index is 2.54. The summed E-state index contributed by atoms with van der Waals surface area (Å²) >= 11 is 0. The topological polar surface area (TPSA) is 52.3 Å². The van der Waals surface area contributed by atoms with E-state index in [-0.39, 0.29) is 12.0 Å². The second kappa shape index (κ2) is 1.96. The van der Waals surface area contributed by atoms with Crippen LogP contribution in [0.4, 0.5) is 0 Å². The molecule has 0 aromatic heterocycles. The fraction of sp³-hybridized carbons (Fsp3) is 0.400. The van der Waals surface area contributed by atoms with Crippen molar-refractivity contribution in [2.75, 3.05) is 0 Å². The Kier molecular flexibility index (Phi) is 1.30. The molecule has 44 valence electrons. The van der Waals surface area contributed by atoms with Crippen LogP contribution in [-0.2, 0) is 9.53 Å². The van der Waals surface area contributed by atoms with E-state index in [1.165, 1.54) is 6.26 Å². The van der Waals surface area contributed by atoms with Crippen molar-refractivity contribution in [1.82, 2.24) is 0 Å². The van der Waals surface area contributed by atoms with E-state index >= 15 is 0 Å². The maximum Gasteiger partial charge on any atom is 0.312 e. The molecule has 1 rings (SSSR count). The molecule has 3 nitrogen and oxygen atoms in total. The lowest BCUT2D eigenvalue weighted by Gasteiger charge is -2.08. The highest BCUT2D eigenvalue weighted by Gasteiger charge is 2.10. The summed E-state index contributed by atoms with van der Waals surface area (Å²) in [4.78, 5) is 10.3. The maximum atomic E-state index is 10.3. The minimum atomic E-state index is -0.250. The average Bonchev–Trinajstić information content (AvgIpc) is 1.64. The molecule has 8 heavy (non-hydrogen) atoms. The summed E-state index contributed by atoms with van der Waals surface area (Å²) in [6.07, 6.45) is 3.29. The summed E-state index contributed by atoms with van der Waals surface area (Å²) in [6.45, 7) is 0. The van der Waals surface area contributed by atoms with Crippen LogP contribution in [0.1, 0.15) is 6.42 Å². The van der Waals surface area contributed by atoms with Crippen LogP contribution in [-0.4, -0.2) is 12.0 Å². The molecule has 1 heterocycles. The van der Waals surface area contributed by atoms with Crippen molar-refractivity contribution < 1.29 is 9.53 Å². The van der Waals surface area contributed by atoms with Crippen LogP contribution < -0.4 is 5.73 Å². The summed E-state index contributed by atoms with van der Waals surface area (Å²) in [5.41, 5.74) is 5.34. The fourth-order valence-electron chi connectivity index (χ4n) is 0.525. The first-order valence-corrected chi connectivity index (χ1v) is 2.41. The summed E-state index contributed by atoms with van der Waals surface area (Å²) < 4.78 is 4.45. The first-order chi connectivity index (χ1) is 3.79. The molecule has 2 N–H and O–H groups in total. The van der Waals surface area contributed by atoms with E-state index in [2.05, 4.69) is 4.74 Å². The number of carbonyl (C=O) groups excluding carboxylic acids is 1. The second-order valence-electron chi connectivity index (χ2n) is 1.69. The van der Waals surface area contributed by atoms with Crippen LogP contribution >= 0.6 is 0 Å². The fourth-order valence-corrected chi connectivity index (χ4v) is 0.525. The van der Waals surface area contributed by atoms with E-state index in [1.807, 2.05) is 0 Å². The molecule has 0 aromatic carbocycles. The lowest BCUT2D eigenvalue weighted by molar-refractivity contribution is -0.139. The first-order valence-electron chi connectivity index (χ1n) is 2.41. The van der Waals surface area contributed by atoms with Gasteiger partial charge >= 0.3 is 5.97 Å². The highest BCUT2D eigenvalue weighted by molar-refractivity contribution is 5.72. The van der Waals surface area contributed by atoms with Crippen molar-refractivity contribution in [1.29, 1.82) is 0 Å². The third-order valence-electron chi connectivity index (χ3n) is 0.928. The minimum Gasteiger partial charge on any atom is -0.435 e. The molecular weight excluding hydrogens is 106 g/mol. The van der Waals surface area contributed by atoms with Crippen molar-refractivity contribution >= 4 is 5.97 Å². The molecule has 1 atom stereocenters. The van der Waals surface area contributed by atoms with E-state index < -0.39 is 0 Å². The lowest BCUT2D eigenvalue weighted by atomic mass is 10.2. The predicted molar refractivity (Wildman–Crippen MR) is 27.8 cm³/mol. The second-order valence-corrected chi connectivity index (χ2v) is 1.69. The Labute approximate surface area is 47.1 Å². The third kappa shape index (κ3) is 1.07. The molecule has 0 bridgehead atoms. The quantitative estimate of drug-likeness (QED) is 0.441. The van der Waals surface area contributed by atoms with Crippen LogP contribution in [0, 0.1) is 0 Å². The SMILES string of the molecule is NC1C=COC(=O)C1. The Morgan fingerprint density at radius 2 is 2.62 bits per heavy atom. The van der Waals surface area contributed by atoms with E-state index in [0.717, 1.165) is 0 Å². The van der Waals surface area contributed by atoms with Gasteiger partial charge in [0.2, 0.25) is 0 Å². The van der Waals surface area contributed by atoms with Gasteiger partial charge < -0.3 is 10.5 Å². The highest BCUT2D eigenvalue weighted by Crippen LogP contribution is 2.00. The van der Waals surface area contributed by atoms with Crippen molar-refractivity contribution in [3.8, 4) is 0 Å². The Morgan fingerprint density at radius 3 is 3.00 bits per heavy atom. The number of ether oxygens (including phenoxy) is 1. The highest BCUT2D eigenvalue weighted by atomic mass is 16.5. The van der Waals surface area contributed by atoms with Crippen molar-refractivity contribution in [2.45, 2.75) is 12.5 Å². The Hall–Kier alpha value is -0.830. The number of carbonyl (C=O) groups is 1. The van der Waals surface area contributed by atoms with E-state index in [0.29, 0.717) is 6.42 Å². The van der Waals surface area contributed by atoms with Crippen LogP contribution in [0.15, 0.2) is 12.3 Å². The molecule has 0 fully saturated rings. The lowest BCUT2D eigenvalue weighted by Crippen LogP contribution is -2.24. The molecule has 1 aliphatic rings. The Bertz CT molecular complexity index is 130. The Morgan fingerprint density at radius 1 is 1.88 bits per heavy atom. The smallest absolute Gasteiger partial charge is 0.312 e. The minimum absolute atomic E-state index is 0.142. The summed E-state index contributed by atoms with van der Waals surface area (Å²) in [6, 6.07) is -0.142. The number of hydrogen-bond donors (Lipinski definition) is 1. The van der Waals surface area contributed by atoms with Gasteiger partial charge in [-0.15, -0.1) is 0 Å². The number of esters is 1. The van der Waals surface area contributed by atoms with Crippen LogP contribution in [0.3, 0.4) is 0 Å². The summed E-state index contributed by atoms with van der Waals surface area (Å²) in [5.74, 6) is -0.250. The zero-order chi connectivity index (χ0) is 5.98. The van der Waals surface area contributed by atoms with Gasteiger partial charge in [-0.25, -0.2) is 0 Å². The van der Waals surface area contributed by atoms with E-state index in [9.17, 15) is 4.79 Å². The molecular formula is C5H7NO2. The monoisotopic (exact) mass is 113 g/mol. The maximum absolute atomic E-state index is 10.3. The third-order valence-corrected chi connectivity index (χ3v) is 0.928. The van der Waals surface area contributed by atoms with Gasteiger partial charge in [0, 0.05) is 6.04 Å². The van der Waals surface area contributed by atoms with Gasteiger partial charge in [-0.2, -0.15) is 0 Å². The molecule has 0 amide bonds. The molecule has 0 aliphatic carbocycles. The molecule has 0 aromatic rings.